The highest BCUT2D eigenvalue weighted by Gasteiger charge is 2.24. The molecular weight excluding hydrogens is 312 g/mol. The van der Waals surface area contributed by atoms with Crippen LogP contribution in [0.5, 0.6) is 0 Å². The third-order valence-corrected chi connectivity index (χ3v) is 5.00. The number of rotatable bonds is 6. The molecule has 0 bridgehead atoms. The summed E-state index contributed by atoms with van der Waals surface area (Å²) in [5.74, 6) is 0. The fourth-order valence-corrected chi connectivity index (χ4v) is 3.28. The molecule has 2 rings (SSSR count). The van der Waals surface area contributed by atoms with Gasteiger partial charge in [0.05, 0.1) is 6.26 Å². The first-order valence-corrected chi connectivity index (χ1v) is 9.80. The van der Waals surface area contributed by atoms with Crippen molar-refractivity contribution in [3.8, 4) is 0 Å². The molecular formula is C16H28N4O2S. The van der Waals surface area contributed by atoms with Crippen LogP contribution in [0.1, 0.15) is 11.6 Å². The lowest BCUT2D eigenvalue weighted by molar-refractivity contribution is 0.113. The maximum Gasteiger partial charge on any atom is 0.208 e. The van der Waals surface area contributed by atoms with Gasteiger partial charge in [0.15, 0.2) is 0 Å². The zero-order chi connectivity index (χ0) is 17.0. The lowest BCUT2D eigenvalue weighted by Gasteiger charge is -2.38. The van der Waals surface area contributed by atoms with E-state index in [1.54, 1.807) is 0 Å². The van der Waals surface area contributed by atoms with E-state index < -0.39 is 10.0 Å². The highest BCUT2D eigenvalue weighted by atomic mass is 32.2. The summed E-state index contributed by atoms with van der Waals surface area (Å²) in [6, 6.07) is 8.43. The molecule has 23 heavy (non-hydrogen) atoms. The molecule has 1 atom stereocenters. The normalized spacial score (nSPS) is 18.8. The average molecular weight is 340 g/mol. The third-order valence-electron chi connectivity index (χ3n) is 4.31. The molecule has 6 nitrogen and oxygen atoms in total. The topological polar surface area (TPSA) is 55.9 Å². The highest BCUT2D eigenvalue weighted by Crippen LogP contribution is 2.24. The Morgan fingerprint density at radius 2 is 1.70 bits per heavy atom. The summed E-state index contributed by atoms with van der Waals surface area (Å²) >= 11 is 0. The number of hydrogen-bond donors (Lipinski definition) is 1. The monoisotopic (exact) mass is 340 g/mol. The van der Waals surface area contributed by atoms with Crippen molar-refractivity contribution in [2.75, 3.05) is 65.0 Å². The van der Waals surface area contributed by atoms with Crippen LogP contribution in [0, 0.1) is 0 Å². The van der Waals surface area contributed by atoms with Crippen molar-refractivity contribution in [3.63, 3.8) is 0 Å². The molecule has 1 aliphatic heterocycles. The van der Waals surface area contributed by atoms with E-state index in [1.165, 1.54) is 6.26 Å². The first-order chi connectivity index (χ1) is 10.8. The summed E-state index contributed by atoms with van der Waals surface area (Å²) in [5, 5.41) is 0. The van der Waals surface area contributed by atoms with Crippen molar-refractivity contribution < 1.29 is 8.42 Å². The highest BCUT2D eigenvalue weighted by molar-refractivity contribution is 7.88. The second-order valence-electron chi connectivity index (χ2n) is 6.46. The number of nitrogens with zero attached hydrogens (tertiary/aromatic N) is 3. The number of anilines is 1. The van der Waals surface area contributed by atoms with Crippen molar-refractivity contribution in [2.24, 2.45) is 0 Å². The van der Waals surface area contributed by atoms with E-state index >= 15 is 0 Å². The Labute approximate surface area is 140 Å². The van der Waals surface area contributed by atoms with Crippen LogP contribution in [-0.4, -0.2) is 78.3 Å². The molecule has 7 heteroatoms. The summed E-state index contributed by atoms with van der Waals surface area (Å²) in [7, 11) is 2.95. The van der Waals surface area contributed by atoms with Crippen LogP contribution >= 0.6 is 0 Å². The van der Waals surface area contributed by atoms with Gasteiger partial charge in [-0.15, -0.1) is 0 Å². The van der Waals surface area contributed by atoms with E-state index in [9.17, 15) is 8.42 Å². The molecule has 0 aliphatic carbocycles. The lowest BCUT2D eigenvalue weighted by Crippen LogP contribution is -2.48. The molecule has 1 heterocycles. The van der Waals surface area contributed by atoms with Crippen molar-refractivity contribution in [3.05, 3.63) is 29.8 Å². The molecule has 0 radical (unpaired) electrons. The molecule has 1 N–H and O–H groups in total. The predicted molar refractivity (Wildman–Crippen MR) is 95.4 cm³/mol. The SMILES string of the molecule is CN1CCN([C@H](CNS(C)(=O)=O)c2ccc(N(C)C)cc2)CC1. The van der Waals surface area contributed by atoms with Crippen LogP contribution in [0.4, 0.5) is 5.69 Å². The van der Waals surface area contributed by atoms with E-state index in [4.69, 9.17) is 0 Å². The second kappa shape index (κ2) is 7.61. The lowest BCUT2D eigenvalue weighted by atomic mass is 10.0. The van der Waals surface area contributed by atoms with Gasteiger partial charge < -0.3 is 9.80 Å². The fraction of sp³-hybridized carbons (Fsp3) is 0.625. The van der Waals surface area contributed by atoms with Crippen LogP contribution in [0.2, 0.25) is 0 Å². The molecule has 0 amide bonds. The molecule has 1 aliphatic rings. The van der Waals surface area contributed by atoms with Gasteiger partial charge in [0.2, 0.25) is 10.0 Å². The molecule has 0 unspecified atom stereocenters. The fourth-order valence-electron chi connectivity index (χ4n) is 2.82. The molecule has 0 aromatic heterocycles. The smallest absolute Gasteiger partial charge is 0.208 e. The molecule has 1 aromatic carbocycles. The van der Waals surface area contributed by atoms with Crippen molar-refractivity contribution in [1.29, 1.82) is 0 Å². The molecule has 130 valence electrons. The summed E-state index contributed by atoms with van der Waals surface area (Å²) < 4.78 is 25.7. The van der Waals surface area contributed by atoms with Gasteiger partial charge in [0, 0.05) is 58.5 Å². The van der Waals surface area contributed by atoms with Gasteiger partial charge in [-0.25, -0.2) is 13.1 Å². The van der Waals surface area contributed by atoms with Crippen LogP contribution in [0.3, 0.4) is 0 Å². The summed E-state index contributed by atoms with van der Waals surface area (Å²) in [5.41, 5.74) is 2.29. The Kier molecular flexibility index (Phi) is 6.02. The largest absolute Gasteiger partial charge is 0.378 e. The number of piperazine rings is 1. The van der Waals surface area contributed by atoms with Gasteiger partial charge in [-0.2, -0.15) is 0 Å². The Hall–Kier alpha value is -1.15. The minimum Gasteiger partial charge on any atom is -0.378 e. The van der Waals surface area contributed by atoms with Crippen molar-refractivity contribution >= 4 is 15.7 Å². The summed E-state index contributed by atoms with van der Waals surface area (Å²) in [4.78, 5) is 6.72. The summed E-state index contributed by atoms with van der Waals surface area (Å²) in [6.07, 6.45) is 1.21. The number of sulfonamides is 1. The quantitative estimate of drug-likeness (QED) is 0.821. The number of nitrogens with one attached hydrogen (secondary N) is 1. The zero-order valence-electron chi connectivity index (χ0n) is 14.5. The van der Waals surface area contributed by atoms with Crippen molar-refractivity contribution in [1.82, 2.24) is 14.5 Å². The Morgan fingerprint density at radius 3 is 2.17 bits per heavy atom. The number of likely N-dealkylation sites (N-methyl/N-ethyl adjacent to an activating group) is 1. The maximum absolute atomic E-state index is 11.5. The van der Waals surface area contributed by atoms with E-state index in [0.29, 0.717) is 6.54 Å². The standard InChI is InChI=1S/C16H28N4O2S/c1-18(2)15-7-5-14(6-8-15)16(13-17-23(4,21)22)20-11-9-19(3)10-12-20/h5-8,16-17H,9-13H2,1-4H3/t16-/m1/s1. The third kappa shape index (κ3) is 5.46. The van der Waals surface area contributed by atoms with Gasteiger partial charge in [-0.3, -0.25) is 4.90 Å². The van der Waals surface area contributed by atoms with Gasteiger partial charge in [0.25, 0.3) is 0 Å². The number of hydrogen-bond acceptors (Lipinski definition) is 5. The van der Waals surface area contributed by atoms with E-state index in [0.717, 1.165) is 37.4 Å². The second-order valence-corrected chi connectivity index (χ2v) is 8.29. The van der Waals surface area contributed by atoms with Gasteiger partial charge in [0.1, 0.15) is 0 Å². The number of benzene rings is 1. The zero-order valence-corrected chi connectivity index (χ0v) is 15.3. The Morgan fingerprint density at radius 1 is 1.13 bits per heavy atom. The Bertz CT molecular complexity index is 593. The Balaban J connectivity index is 2.18. The van der Waals surface area contributed by atoms with E-state index in [2.05, 4.69) is 50.7 Å². The predicted octanol–water partition coefficient (Wildman–Crippen LogP) is 0.590. The minimum absolute atomic E-state index is 0.0645. The summed E-state index contributed by atoms with van der Waals surface area (Å²) in [6.45, 7) is 4.31. The van der Waals surface area contributed by atoms with Gasteiger partial charge in [-0.05, 0) is 24.7 Å². The van der Waals surface area contributed by atoms with Gasteiger partial charge >= 0.3 is 0 Å². The van der Waals surface area contributed by atoms with Crippen LogP contribution in [-0.2, 0) is 10.0 Å². The molecule has 1 fully saturated rings. The molecule has 1 saturated heterocycles. The van der Waals surface area contributed by atoms with E-state index in [1.807, 2.05) is 14.1 Å². The van der Waals surface area contributed by atoms with Crippen LogP contribution in [0.25, 0.3) is 0 Å². The van der Waals surface area contributed by atoms with Gasteiger partial charge in [-0.1, -0.05) is 12.1 Å². The minimum atomic E-state index is -3.19. The van der Waals surface area contributed by atoms with E-state index in [-0.39, 0.29) is 6.04 Å². The average Bonchev–Trinajstić information content (AvgIpc) is 2.48. The first-order valence-electron chi connectivity index (χ1n) is 7.91. The molecule has 1 aromatic rings. The molecule has 0 spiro atoms. The maximum atomic E-state index is 11.5. The van der Waals surface area contributed by atoms with Crippen LogP contribution < -0.4 is 9.62 Å². The van der Waals surface area contributed by atoms with Crippen molar-refractivity contribution in [2.45, 2.75) is 6.04 Å². The molecule has 0 saturated carbocycles. The van der Waals surface area contributed by atoms with Crippen LogP contribution in [0.15, 0.2) is 24.3 Å². The first kappa shape index (κ1) is 18.2.